The number of rotatable bonds is 3. The van der Waals surface area contributed by atoms with Crippen LogP contribution < -0.4 is 5.32 Å². The van der Waals surface area contributed by atoms with Crippen LogP contribution in [0.4, 0.5) is 5.13 Å². The summed E-state index contributed by atoms with van der Waals surface area (Å²) in [5, 5.41) is 3.62. The zero-order valence-corrected chi connectivity index (χ0v) is 14.2. The fourth-order valence-electron chi connectivity index (χ4n) is 3.21. The minimum Gasteiger partial charge on any atom is -0.339 e. The molecule has 1 N–H and O–H groups in total. The molecule has 1 aliphatic heterocycles. The summed E-state index contributed by atoms with van der Waals surface area (Å²) in [7, 11) is 0. The summed E-state index contributed by atoms with van der Waals surface area (Å²) in [6.07, 6.45) is 3.55. The molecule has 1 fully saturated rings. The average molecular weight is 321 g/mol. The molecule has 2 heterocycles. The minimum absolute atomic E-state index is 0.0717. The van der Waals surface area contributed by atoms with Crippen LogP contribution in [0.25, 0.3) is 0 Å². The third-order valence-electron chi connectivity index (χ3n) is 4.57. The number of carbonyl (C=O) groups is 2. The zero-order valence-electron chi connectivity index (χ0n) is 13.4. The molecule has 22 heavy (non-hydrogen) atoms. The van der Waals surface area contributed by atoms with Crippen LogP contribution in [0.15, 0.2) is 0 Å². The van der Waals surface area contributed by atoms with Crippen molar-refractivity contribution in [1.29, 1.82) is 0 Å². The number of nitrogens with zero attached hydrogens (tertiary/aromatic N) is 2. The lowest BCUT2D eigenvalue weighted by molar-refractivity contribution is -0.129. The molecule has 0 aromatic carbocycles. The Morgan fingerprint density at radius 2 is 2.18 bits per heavy atom. The smallest absolute Gasteiger partial charge is 0.231 e. The Bertz CT molecular complexity index is 596. The second-order valence-electron chi connectivity index (χ2n) is 6.77. The van der Waals surface area contributed by atoms with Crippen molar-refractivity contribution in [3.05, 3.63) is 10.6 Å². The van der Waals surface area contributed by atoms with Gasteiger partial charge < -0.3 is 10.2 Å². The predicted molar refractivity (Wildman–Crippen MR) is 86.9 cm³/mol. The molecular formula is C16H23N3O2S. The Hall–Kier alpha value is -1.43. The third-order valence-corrected chi connectivity index (χ3v) is 5.60. The second kappa shape index (κ2) is 5.99. The monoisotopic (exact) mass is 321 g/mol. The number of anilines is 1. The lowest BCUT2D eigenvalue weighted by Gasteiger charge is -2.20. The number of amides is 2. The SMILES string of the molecule is CC(C)N1C[C@@H](C(=O)Nc2nc3c(s2)C[C@@H](C)CC3)CC1=O. The van der Waals surface area contributed by atoms with E-state index >= 15 is 0 Å². The molecule has 0 bridgehead atoms. The number of aryl methyl sites for hydroxylation is 1. The van der Waals surface area contributed by atoms with E-state index in [1.165, 1.54) is 11.3 Å². The van der Waals surface area contributed by atoms with Crippen molar-refractivity contribution in [3.63, 3.8) is 0 Å². The second-order valence-corrected chi connectivity index (χ2v) is 7.85. The molecule has 2 atom stereocenters. The molecule has 6 heteroatoms. The summed E-state index contributed by atoms with van der Waals surface area (Å²) in [4.78, 5) is 31.9. The predicted octanol–water partition coefficient (Wildman–Crippen LogP) is 2.46. The number of nitrogens with one attached hydrogen (secondary N) is 1. The molecule has 0 radical (unpaired) electrons. The van der Waals surface area contributed by atoms with Gasteiger partial charge in [-0.05, 0) is 39.0 Å². The van der Waals surface area contributed by atoms with E-state index in [-0.39, 0.29) is 23.8 Å². The summed E-state index contributed by atoms with van der Waals surface area (Å²) in [6.45, 7) is 6.73. The van der Waals surface area contributed by atoms with Gasteiger partial charge in [0.05, 0.1) is 11.6 Å². The van der Waals surface area contributed by atoms with Gasteiger partial charge in [0.2, 0.25) is 11.8 Å². The maximum Gasteiger partial charge on any atom is 0.231 e. The summed E-state index contributed by atoms with van der Waals surface area (Å²) in [5.74, 6) is 0.441. The van der Waals surface area contributed by atoms with Gasteiger partial charge in [0, 0.05) is 23.9 Å². The van der Waals surface area contributed by atoms with Gasteiger partial charge in [-0.15, -0.1) is 11.3 Å². The Balaban J connectivity index is 1.64. The summed E-state index contributed by atoms with van der Waals surface area (Å²) in [6, 6.07) is 0.152. The van der Waals surface area contributed by atoms with Gasteiger partial charge in [-0.25, -0.2) is 4.98 Å². The van der Waals surface area contributed by atoms with E-state index in [1.54, 1.807) is 16.2 Å². The molecule has 3 rings (SSSR count). The van der Waals surface area contributed by atoms with E-state index in [0.29, 0.717) is 24.0 Å². The molecule has 1 aromatic rings. The zero-order chi connectivity index (χ0) is 15.9. The van der Waals surface area contributed by atoms with Crippen molar-refractivity contribution in [2.45, 2.75) is 52.5 Å². The molecule has 0 unspecified atom stereocenters. The lowest BCUT2D eigenvalue weighted by Crippen LogP contribution is -2.33. The first kappa shape index (κ1) is 15.5. The van der Waals surface area contributed by atoms with Crippen LogP contribution in [0, 0.1) is 11.8 Å². The largest absolute Gasteiger partial charge is 0.339 e. The van der Waals surface area contributed by atoms with Crippen molar-refractivity contribution in [1.82, 2.24) is 9.88 Å². The molecule has 1 aliphatic carbocycles. The van der Waals surface area contributed by atoms with E-state index in [0.717, 1.165) is 18.5 Å². The van der Waals surface area contributed by atoms with E-state index < -0.39 is 0 Å². The fourth-order valence-corrected chi connectivity index (χ4v) is 4.38. The van der Waals surface area contributed by atoms with Crippen molar-refractivity contribution >= 4 is 28.3 Å². The van der Waals surface area contributed by atoms with Crippen LogP contribution in [0.1, 0.15) is 44.2 Å². The molecule has 1 aromatic heterocycles. The molecule has 0 saturated carbocycles. The van der Waals surface area contributed by atoms with Gasteiger partial charge >= 0.3 is 0 Å². The van der Waals surface area contributed by atoms with Gasteiger partial charge in [-0.1, -0.05) is 6.92 Å². The van der Waals surface area contributed by atoms with Crippen LogP contribution >= 0.6 is 11.3 Å². The van der Waals surface area contributed by atoms with Crippen molar-refractivity contribution in [2.24, 2.45) is 11.8 Å². The van der Waals surface area contributed by atoms with Crippen LogP contribution in [0.3, 0.4) is 0 Å². The van der Waals surface area contributed by atoms with Gasteiger partial charge in [-0.2, -0.15) is 0 Å². The number of thiazole rings is 1. The van der Waals surface area contributed by atoms with E-state index in [9.17, 15) is 9.59 Å². The maximum atomic E-state index is 12.4. The molecular weight excluding hydrogens is 298 g/mol. The number of hydrogen-bond acceptors (Lipinski definition) is 4. The molecule has 0 spiro atoms. The first-order valence-electron chi connectivity index (χ1n) is 8.03. The van der Waals surface area contributed by atoms with Crippen molar-refractivity contribution in [2.75, 3.05) is 11.9 Å². The number of likely N-dealkylation sites (tertiary alicyclic amines) is 1. The molecule has 120 valence electrons. The van der Waals surface area contributed by atoms with E-state index in [4.69, 9.17) is 0 Å². The molecule has 2 amide bonds. The van der Waals surface area contributed by atoms with Gasteiger partial charge in [0.1, 0.15) is 0 Å². The van der Waals surface area contributed by atoms with Crippen LogP contribution in [-0.2, 0) is 22.4 Å². The number of aromatic nitrogens is 1. The van der Waals surface area contributed by atoms with Gasteiger partial charge in [0.15, 0.2) is 5.13 Å². The van der Waals surface area contributed by atoms with Crippen LogP contribution in [-0.4, -0.2) is 34.3 Å². The fraction of sp³-hybridized carbons (Fsp3) is 0.688. The number of carbonyl (C=O) groups excluding carboxylic acids is 2. The van der Waals surface area contributed by atoms with Crippen LogP contribution in [0.5, 0.6) is 0 Å². The average Bonchev–Trinajstić information content (AvgIpc) is 3.01. The lowest BCUT2D eigenvalue weighted by atomic mass is 9.93. The minimum atomic E-state index is -0.255. The Kier molecular flexibility index (Phi) is 4.21. The molecule has 2 aliphatic rings. The van der Waals surface area contributed by atoms with E-state index in [1.807, 2.05) is 13.8 Å². The standard InChI is InChI=1S/C16H23N3O2S/c1-9(2)19-8-11(7-14(19)20)15(21)18-16-17-12-5-4-10(3)6-13(12)22-16/h9-11H,4-8H2,1-3H3,(H,17,18,21)/t10-,11-/m0/s1. The first-order chi connectivity index (χ1) is 10.4. The van der Waals surface area contributed by atoms with Crippen LogP contribution in [0.2, 0.25) is 0 Å². The third kappa shape index (κ3) is 3.02. The van der Waals surface area contributed by atoms with Gasteiger partial charge in [0.25, 0.3) is 0 Å². The summed E-state index contributed by atoms with van der Waals surface area (Å²) in [5.41, 5.74) is 1.14. The van der Waals surface area contributed by atoms with E-state index in [2.05, 4.69) is 17.2 Å². The normalized spacial score (nSPS) is 24.7. The summed E-state index contributed by atoms with van der Waals surface area (Å²) >= 11 is 1.59. The highest BCUT2D eigenvalue weighted by atomic mass is 32.1. The van der Waals surface area contributed by atoms with Crippen molar-refractivity contribution in [3.8, 4) is 0 Å². The quantitative estimate of drug-likeness (QED) is 0.930. The topological polar surface area (TPSA) is 62.3 Å². The number of fused-ring (bicyclic) bond motifs is 1. The van der Waals surface area contributed by atoms with Gasteiger partial charge in [-0.3, -0.25) is 9.59 Å². The highest BCUT2D eigenvalue weighted by molar-refractivity contribution is 7.15. The molecule has 5 nitrogen and oxygen atoms in total. The number of hydrogen-bond donors (Lipinski definition) is 1. The highest BCUT2D eigenvalue weighted by Gasteiger charge is 2.35. The Morgan fingerprint density at radius 3 is 2.86 bits per heavy atom. The first-order valence-corrected chi connectivity index (χ1v) is 8.84. The molecule has 1 saturated heterocycles. The Labute approximate surface area is 135 Å². The highest BCUT2D eigenvalue weighted by Crippen LogP contribution is 2.32. The maximum absolute atomic E-state index is 12.4. The van der Waals surface area contributed by atoms with Crippen molar-refractivity contribution < 1.29 is 9.59 Å². The Morgan fingerprint density at radius 1 is 1.41 bits per heavy atom. The summed E-state index contributed by atoms with van der Waals surface area (Å²) < 4.78 is 0.